The van der Waals surface area contributed by atoms with Gasteiger partial charge in [-0.25, -0.2) is 0 Å². The third-order valence-corrected chi connectivity index (χ3v) is 4.28. The Bertz CT molecular complexity index is 329. The fraction of sp³-hybridized carbons (Fsp3) is 0.933. The van der Waals surface area contributed by atoms with Crippen molar-refractivity contribution in [1.82, 2.24) is 10.6 Å². The van der Waals surface area contributed by atoms with Crippen LogP contribution in [0.1, 0.15) is 47.0 Å². The van der Waals surface area contributed by atoms with Crippen LogP contribution < -0.4 is 10.6 Å². The summed E-state index contributed by atoms with van der Waals surface area (Å²) in [7, 11) is 0. The van der Waals surface area contributed by atoms with Gasteiger partial charge in [0.05, 0.1) is 6.61 Å². The second-order valence-electron chi connectivity index (χ2n) is 7.58. The maximum atomic E-state index is 12.1. The van der Waals surface area contributed by atoms with Gasteiger partial charge in [-0.3, -0.25) is 4.79 Å². The summed E-state index contributed by atoms with van der Waals surface area (Å²) in [5.74, 6) is 0.610. The Morgan fingerprint density at radius 2 is 2.11 bits per heavy atom. The van der Waals surface area contributed by atoms with Crippen molar-refractivity contribution in [1.29, 1.82) is 0 Å². The first-order valence-electron chi connectivity index (χ1n) is 7.42. The minimum Gasteiger partial charge on any atom is -0.368 e. The second-order valence-corrected chi connectivity index (χ2v) is 7.58. The molecular formula is C15H28N2O2. The summed E-state index contributed by atoms with van der Waals surface area (Å²) in [4.78, 5) is 12.1. The molecule has 0 aliphatic carbocycles. The van der Waals surface area contributed by atoms with Crippen molar-refractivity contribution in [2.24, 2.45) is 11.3 Å². The number of hydrogen-bond donors (Lipinski definition) is 2. The standard InChI is InChI=1S/C15H28N2O2/c1-14(2)6-5-12(19-10-14)13(18)16-8-11-7-15(3,4)17-9-11/h11-12,17H,5-10H2,1-4H3,(H,16,18). The molecule has 2 saturated heterocycles. The molecule has 2 N–H and O–H groups in total. The van der Waals surface area contributed by atoms with E-state index >= 15 is 0 Å². The highest BCUT2D eigenvalue weighted by atomic mass is 16.5. The molecule has 0 saturated carbocycles. The predicted molar refractivity (Wildman–Crippen MR) is 76.0 cm³/mol. The summed E-state index contributed by atoms with van der Waals surface area (Å²) in [6, 6.07) is 0. The van der Waals surface area contributed by atoms with Gasteiger partial charge in [0, 0.05) is 18.6 Å². The molecule has 0 radical (unpaired) electrons. The summed E-state index contributed by atoms with van der Waals surface area (Å²) in [6.07, 6.45) is 2.78. The monoisotopic (exact) mass is 268 g/mol. The Kier molecular flexibility index (Phi) is 4.21. The third-order valence-electron chi connectivity index (χ3n) is 4.28. The topological polar surface area (TPSA) is 50.4 Å². The smallest absolute Gasteiger partial charge is 0.249 e. The van der Waals surface area contributed by atoms with Crippen LogP contribution in [0.2, 0.25) is 0 Å². The Labute approximate surface area is 116 Å². The van der Waals surface area contributed by atoms with Gasteiger partial charge in [0.25, 0.3) is 0 Å². The van der Waals surface area contributed by atoms with Gasteiger partial charge in [-0.15, -0.1) is 0 Å². The van der Waals surface area contributed by atoms with E-state index in [1.807, 2.05) is 0 Å². The summed E-state index contributed by atoms with van der Waals surface area (Å²) >= 11 is 0. The molecule has 0 spiro atoms. The van der Waals surface area contributed by atoms with Crippen molar-refractivity contribution in [2.75, 3.05) is 19.7 Å². The molecule has 4 nitrogen and oxygen atoms in total. The normalized spacial score (nSPS) is 33.1. The van der Waals surface area contributed by atoms with Crippen LogP contribution in [0.5, 0.6) is 0 Å². The number of hydrogen-bond acceptors (Lipinski definition) is 3. The molecule has 2 aliphatic heterocycles. The van der Waals surface area contributed by atoms with Gasteiger partial charge >= 0.3 is 0 Å². The van der Waals surface area contributed by atoms with Crippen LogP contribution in [-0.2, 0) is 9.53 Å². The third kappa shape index (κ3) is 4.18. The molecule has 0 aromatic heterocycles. The molecule has 19 heavy (non-hydrogen) atoms. The van der Waals surface area contributed by atoms with Crippen LogP contribution in [0, 0.1) is 11.3 Å². The first kappa shape index (κ1) is 14.8. The van der Waals surface area contributed by atoms with E-state index < -0.39 is 0 Å². The Morgan fingerprint density at radius 3 is 2.63 bits per heavy atom. The Balaban J connectivity index is 1.71. The van der Waals surface area contributed by atoms with Crippen LogP contribution in [0.4, 0.5) is 0 Å². The fourth-order valence-corrected chi connectivity index (χ4v) is 3.00. The number of carbonyl (C=O) groups is 1. The van der Waals surface area contributed by atoms with Crippen molar-refractivity contribution < 1.29 is 9.53 Å². The maximum absolute atomic E-state index is 12.1. The Hall–Kier alpha value is -0.610. The van der Waals surface area contributed by atoms with E-state index in [1.165, 1.54) is 0 Å². The summed E-state index contributed by atoms with van der Waals surface area (Å²) < 4.78 is 5.68. The lowest BCUT2D eigenvalue weighted by Gasteiger charge is -2.33. The van der Waals surface area contributed by atoms with E-state index in [4.69, 9.17) is 4.74 Å². The van der Waals surface area contributed by atoms with Crippen LogP contribution in [0.25, 0.3) is 0 Å². The lowest BCUT2D eigenvalue weighted by Crippen LogP contribution is -2.43. The Morgan fingerprint density at radius 1 is 1.37 bits per heavy atom. The molecule has 4 heteroatoms. The molecule has 0 aromatic carbocycles. The molecule has 2 unspecified atom stereocenters. The lowest BCUT2D eigenvalue weighted by atomic mass is 9.85. The number of carbonyl (C=O) groups excluding carboxylic acids is 1. The summed E-state index contributed by atoms with van der Waals surface area (Å²) in [6.45, 7) is 11.2. The highest BCUT2D eigenvalue weighted by Crippen LogP contribution is 2.30. The summed E-state index contributed by atoms with van der Waals surface area (Å²) in [5.41, 5.74) is 0.428. The zero-order valence-electron chi connectivity index (χ0n) is 12.7. The molecular weight excluding hydrogens is 240 g/mol. The SMILES string of the molecule is CC1(C)CCC(C(=O)NCC2CNC(C)(C)C2)OC1. The zero-order valence-corrected chi connectivity index (χ0v) is 12.7. The fourth-order valence-electron chi connectivity index (χ4n) is 3.00. The lowest BCUT2D eigenvalue weighted by molar-refractivity contribution is -0.140. The molecule has 2 atom stereocenters. The van der Waals surface area contributed by atoms with Crippen molar-refractivity contribution in [3.8, 4) is 0 Å². The van der Waals surface area contributed by atoms with Crippen molar-refractivity contribution >= 4 is 5.91 Å². The number of nitrogens with one attached hydrogen (secondary N) is 2. The molecule has 0 aromatic rings. The number of amides is 1. The minimum atomic E-state index is -0.240. The van der Waals surface area contributed by atoms with E-state index in [9.17, 15) is 4.79 Å². The summed E-state index contributed by atoms with van der Waals surface area (Å²) in [5, 5.41) is 6.53. The van der Waals surface area contributed by atoms with Gasteiger partial charge in [-0.05, 0) is 44.4 Å². The average Bonchev–Trinajstić information content (AvgIpc) is 2.66. The van der Waals surface area contributed by atoms with Gasteiger partial charge < -0.3 is 15.4 Å². The highest BCUT2D eigenvalue weighted by Gasteiger charge is 2.33. The average molecular weight is 268 g/mol. The van der Waals surface area contributed by atoms with Gasteiger partial charge in [0.15, 0.2) is 0 Å². The van der Waals surface area contributed by atoms with Crippen LogP contribution in [0.3, 0.4) is 0 Å². The van der Waals surface area contributed by atoms with E-state index in [0.29, 0.717) is 12.5 Å². The molecule has 0 bridgehead atoms. The molecule has 110 valence electrons. The van der Waals surface area contributed by atoms with Crippen molar-refractivity contribution in [2.45, 2.75) is 58.6 Å². The number of ether oxygens (including phenoxy) is 1. The van der Waals surface area contributed by atoms with E-state index in [-0.39, 0.29) is 23.0 Å². The molecule has 2 fully saturated rings. The van der Waals surface area contributed by atoms with E-state index in [2.05, 4.69) is 38.3 Å². The molecule has 2 aliphatic rings. The zero-order chi connectivity index (χ0) is 14.1. The predicted octanol–water partition coefficient (Wildman–Crippen LogP) is 1.70. The molecule has 2 heterocycles. The number of rotatable bonds is 3. The van der Waals surface area contributed by atoms with Gasteiger partial charge in [-0.2, -0.15) is 0 Å². The van der Waals surface area contributed by atoms with Crippen molar-refractivity contribution in [3.05, 3.63) is 0 Å². The first-order valence-corrected chi connectivity index (χ1v) is 7.42. The maximum Gasteiger partial charge on any atom is 0.249 e. The highest BCUT2D eigenvalue weighted by molar-refractivity contribution is 5.80. The van der Waals surface area contributed by atoms with Crippen LogP contribution in [-0.4, -0.2) is 37.2 Å². The van der Waals surface area contributed by atoms with Crippen molar-refractivity contribution in [3.63, 3.8) is 0 Å². The van der Waals surface area contributed by atoms with Crippen LogP contribution in [0.15, 0.2) is 0 Å². The second kappa shape index (κ2) is 5.41. The van der Waals surface area contributed by atoms with E-state index in [1.54, 1.807) is 0 Å². The largest absolute Gasteiger partial charge is 0.368 e. The quantitative estimate of drug-likeness (QED) is 0.819. The van der Waals surface area contributed by atoms with Gasteiger partial charge in [-0.1, -0.05) is 13.8 Å². The van der Waals surface area contributed by atoms with E-state index in [0.717, 1.165) is 32.4 Å². The minimum absolute atomic E-state index is 0.0696. The van der Waals surface area contributed by atoms with Gasteiger partial charge in [0.1, 0.15) is 6.10 Å². The molecule has 1 amide bonds. The molecule has 2 rings (SSSR count). The van der Waals surface area contributed by atoms with Gasteiger partial charge in [0.2, 0.25) is 5.91 Å². The van der Waals surface area contributed by atoms with Crippen LogP contribution >= 0.6 is 0 Å². The first-order chi connectivity index (χ1) is 8.77.